The van der Waals surface area contributed by atoms with Gasteiger partial charge < -0.3 is 0 Å². The normalized spacial score (nSPS) is 10.2. The first-order valence-corrected chi connectivity index (χ1v) is 6.75. The lowest BCUT2D eigenvalue weighted by Crippen LogP contribution is -2.45. The van der Waals surface area contributed by atoms with Gasteiger partial charge in [0.1, 0.15) is 0 Å². The van der Waals surface area contributed by atoms with Crippen molar-refractivity contribution < 1.29 is 14.5 Å². The van der Waals surface area contributed by atoms with E-state index < -0.39 is 16.9 Å². The van der Waals surface area contributed by atoms with Gasteiger partial charge >= 0.3 is 6.03 Å². The lowest BCUT2D eigenvalue weighted by Gasteiger charge is -2.06. The van der Waals surface area contributed by atoms with Gasteiger partial charge in [0.05, 0.1) is 11.1 Å². The van der Waals surface area contributed by atoms with Gasteiger partial charge in [-0.15, -0.1) is 0 Å². The van der Waals surface area contributed by atoms with Gasteiger partial charge in [0.25, 0.3) is 11.6 Å². The summed E-state index contributed by atoms with van der Waals surface area (Å²) in [7, 11) is 0. The third kappa shape index (κ3) is 4.91. The summed E-state index contributed by atoms with van der Waals surface area (Å²) in [6, 6.07) is 13.3. The fourth-order valence-electron chi connectivity index (χ4n) is 1.65. The highest BCUT2D eigenvalue weighted by Crippen LogP contribution is 2.11. The molecule has 9 nitrogen and oxygen atoms in total. The fourth-order valence-corrected chi connectivity index (χ4v) is 1.65. The number of benzene rings is 2. The summed E-state index contributed by atoms with van der Waals surface area (Å²) >= 11 is 0. The predicted octanol–water partition coefficient (Wildman–Crippen LogP) is 1.57. The van der Waals surface area contributed by atoms with Crippen LogP contribution in [-0.4, -0.2) is 23.1 Å². The molecule has 0 radical (unpaired) electrons. The Balaban J connectivity index is 1.79. The Labute approximate surface area is 136 Å². The SMILES string of the molecule is O=C(NN=Cc1ccccc1)NNC(=O)c1ccc([N+](=O)[O-])cc1. The van der Waals surface area contributed by atoms with Gasteiger partial charge in [-0.2, -0.15) is 5.10 Å². The van der Waals surface area contributed by atoms with E-state index >= 15 is 0 Å². The average Bonchev–Trinajstić information content (AvgIpc) is 2.60. The number of hydrazine groups is 1. The van der Waals surface area contributed by atoms with Crippen LogP contribution in [0.5, 0.6) is 0 Å². The molecule has 0 aliphatic rings. The molecular formula is C15H13N5O4. The molecule has 0 saturated carbocycles. The van der Waals surface area contributed by atoms with Crippen LogP contribution >= 0.6 is 0 Å². The lowest BCUT2D eigenvalue weighted by molar-refractivity contribution is -0.384. The van der Waals surface area contributed by atoms with E-state index in [4.69, 9.17) is 0 Å². The first kappa shape index (κ1) is 16.6. The maximum Gasteiger partial charge on any atom is 0.353 e. The van der Waals surface area contributed by atoms with Crippen molar-refractivity contribution in [3.05, 3.63) is 75.8 Å². The van der Waals surface area contributed by atoms with Gasteiger partial charge in [0.2, 0.25) is 0 Å². The number of nitrogens with one attached hydrogen (secondary N) is 3. The fraction of sp³-hybridized carbons (Fsp3) is 0. The van der Waals surface area contributed by atoms with Crippen molar-refractivity contribution in [3.8, 4) is 0 Å². The molecule has 0 unspecified atom stereocenters. The Morgan fingerprint density at radius 3 is 2.29 bits per heavy atom. The van der Waals surface area contributed by atoms with Gasteiger partial charge in [0, 0.05) is 17.7 Å². The molecule has 3 amide bonds. The Hall–Kier alpha value is -3.75. The second-order valence-electron chi connectivity index (χ2n) is 4.49. The first-order valence-electron chi connectivity index (χ1n) is 6.75. The number of hydrogen-bond acceptors (Lipinski definition) is 5. The molecular weight excluding hydrogens is 314 g/mol. The van der Waals surface area contributed by atoms with Crippen molar-refractivity contribution in [2.24, 2.45) is 5.10 Å². The molecule has 2 aromatic carbocycles. The molecule has 0 fully saturated rings. The molecule has 2 rings (SSSR count). The topological polar surface area (TPSA) is 126 Å². The third-order valence-corrected chi connectivity index (χ3v) is 2.81. The molecule has 122 valence electrons. The van der Waals surface area contributed by atoms with Gasteiger partial charge in [-0.05, 0) is 17.7 Å². The number of nitro benzene ring substituents is 1. The molecule has 24 heavy (non-hydrogen) atoms. The van der Waals surface area contributed by atoms with E-state index in [2.05, 4.69) is 21.4 Å². The number of carbonyl (C=O) groups is 2. The Kier molecular flexibility index (Phi) is 5.56. The van der Waals surface area contributed by atoms with E-state index in [-0.39, 0.29) is 11.3 Å². The molecule has 0 spiro atoms. The summed E-state index contributed by atoms with van der Waals surface area (Å²) in [6.07, 6.45) is 1.44. The summed E-state index contributed by atoms with van der Waals surface area (Å²) in [5, 5.41) is 14.2. The van der Waals surface area contributed by atoms with Crippen LogP contribution in [0.3, 0.4) is 0 Å². The van der Waals surface area contributed by atoms with Gasteiger partial charge in [0.15, 0.2) is 0 Å². The van der Waals surface area contributed by atoms with Crippen molar-refractivity contribution in [3.63, 3.8) is 0 Å². The van der Waals surface area contributed by atoms with Gasteiger partial charge in [-0.1, -0.05) is 30.3 Å². The summed E-state index contributed by atoms with van der Waals surface area (Å²) in [6.45, 7) is 0. The van der Waals surface area contributed by atoms with Crippen molar-refractivity contribution in [2.45, 2.75) is 0 Å². The third-order valence-electron chi connectivity index (χ3n) is 2.81. The molecule has 2 aromatic rings. The van der Waals surface area contributed by atoms with E-state index in [1.807, 2.05) is 18.2 Å². The molecule has 0 saturated heterocycles. The number of urea groups is 1. The summed E-state index contributed by atoms with van der Waals surface area (Å²) < 4.78 is 0. The van der Waals surface area contributed by atoms with Crippen LogP contribution in [0.1, 0.15) is 15.9 Å². The van der Waals surface area contributed by atoms with E-state index in [9.17, 15) is 19.7 Å². The van der Waals surface area contributed by atoms with Crippen LogP contribution in [-0.2, 0) is 0 Å². The second kappa shape index (κ2) is 8.03. The number of hydrogen-bond donors (Lipinski definition) is 3. The second-order valence-corrected chi connectivity index (χ2v) is 4.49. The van der Waals surface area contributed by atoms with E-state index in [1.165, 1.54) is 30.5 Å². The van der Waals surface area contributed by atoms with Crippen molar-refractivity contribution in [2.75, 3.05) is 0 Å². The molecule has 0 bridgehead atoms. The molecule has 0 aliphatic heterocycles. The molecule has 9 heteroatoms. The minimum atomic E-state index is -0.738. The van der Waals surface area contributed by atoms with E-state index in [0.29, 0.717) is 0 Å². The van der Waals surface area contributed by atoms with Crippen molar-refractivity contribution >= 4 is 23.8 Å². The highest BCUT2D eigenvalue weighted by atomic mass is 16.6. The molecule has 3 N–H and O–H groups in total. The lowest BCUT2D eigenvalue weighted by atomic mass is 10.2. The van der Waals surface area contributed by atoms with Crippen LogP contribution in [0.4, 0.5) is 10.5 Å². The van der Waals surface area contributed by atoms with Crippen LogP contribution in [0, 0.1) is 10.1 Å². The highest BCUT2D eigenvalue weighted by Gasteiger charge is 2.09. The number of carbonyl (C=O) groups excluding carboxylic acids is 2. The number of amides is 3. The number of nitrogens with zero attached hydrogens (tertiary/aromatic N) is 2. The quantitative estimate of drug-likeness (QED) is 0.447. The zero-order valence-corrected chi connectivity index (χ0v) is 12.3. The standard InChI is InChI=1S/C15H13N5O4/c21-14(12-6-8-13(9-7-12)20(23)24)17-19-15(22)18-16-10-11-4-2-1-3-5-11/h1-10H,(H,17,21)(H2,18,19,22). The maximum absolute atomic E-state index is 11.8. The maximum atomic E-state index is 11.8. The number of hydrazone groups is 1. The van der Waals surface area contributed by atoms with Crippen molar-refractivity contribution in [1.82, 2.24) is 16.3 Å². The molecule has 0 aliphatic carbocycles. The van der Waals surface area contributed by atoms with Crippen LogP contribution < -0.4 is 16.3 Å². The zero-order chi connectivity index (χ0) is 17.4. The summed E-state index contributed by atoms with van der Waals surface area (Å²) in [5.41, 5.74) is 7.26. The van der Waals surface area contributed by atoms with Crippen LogP contribution in [0.15, 0.2) is 59.7 Å². The number of nitro groups is 1. The number of rotatable bonds is 4. The predicted molar refractivity (Wildman–Crippen MR) is 86.3 cm³/mol. The first-order chi connectivity index (χ1) is 11.6. The Bertz CT molecular complexity index is 759. The Morgan fingerprint density at radius 1 is 1.00 bits per heavy atom. The minimum absolute atomic E-state index is 0.132. The van der Waals surface area contributed by atoms with Crippen molar-refractivity contribution in [1.29, 1.82) is 0 Å². The Morgan fingerprint density at radius 2 is 1.67 bits per heavy atom. The smallest absolute Gasteiger partial charge is 0.267 e. The minimum Gasteiger partial charge on any atom is -0.267 e. The van der Waals surface area contributed by atoms with Gasteiger partial charge in [-0.3, -0.25) is 20.3 Å². The average molecular weight is 327 g/mol. The molecule has 0 atom stereocenters. The highest BCUT2D eigenvalue weighted by molar-refractivity contribution is 5.95. The summed E-state index contributed by atoms with van der Waals surface area (Å²) in [5.74, 6) is -0.618. The van der Waals surface area contributed by atoms with Crippen LogP contribution in [0.25, 0.3) is 0 Å². The van der Waals surface area contributed by atoms with Crippen LogP contribution in [0.2, 0.25) is 0 Å². The monoisotopic (exact) mass is 327 g/mol. The summed E-state index contributed by atoms with van der Waals surface area (Å²) in [4.78, 5) is 33.2. The molecule has 0 heterocycles. The van der Waals surface area contributed by atoms with E-state index in [1.54, 1.807) is 12.1 Å². The zero-order valence-electron chi connectivity index (χ0n) is 12.3. The van der Waals surface area contributed by atoms with E-state index in [0.717, 1.165) is 5.56 Å². The molecule has 0 aromatic heterocycles. The largest absolute Gasteiger partial charge is 0.353 e. The number of non-ortho nitro benzene ring substituents is 1. The van der Waals surface area contributed by atoms with Gasteiger partial charge in [-0.25, -0.2) is 15.6 Å².